The van der Waals surface area contributed by atoms with Crippen LogP contribution in [0.15, 0.2) is 73.2 Å². The zero-order chi connectivity index (χ0) is 17.2. The molecule has 0 saturated carbocycles. The maximum absolute atomic E-state index is 13.0. The third kappa shape index (κ3) is 2.65. The highest BCUT2D eigenvalue weighted by molar-refractivity contribution is 6.12. The molecular weight excluding hydrogens is 312 g/mol. The van der Waals surface area contributed by atoms with Crippen molar-refractivity contribution in [2.75, 3.05) is 12.1 Å². The Kier molecular flexibility index (Phi) is 3.74. The summed E-state index contributed by atoms with van der Waals surface area (Å²) in [5.74, 6) is 0.600. The van der Waals surface area contributed by atoms with Gasteiger partial charge in [0.15, 0.2) is 0 Å². The Hall–Kier alpha value is -3.47. The molecule has 122 valence electrons. The molecule has 5 heteroatoms. The molecule has 0 saturated heterocycles. The fourth-order valence-electron chi connectivity index (χ4n) is 2.91. The van der Waals surface area contributed by atoms with Crippen molar-refractivity contribution in [3.05, 3.63) is 89.9 Å². The van der Waals surface area contributed by atoms with Crippen molar-refractivity contribution in [1.29, 1.82) is 0 Å². The van der Waals surface area contributed by atoms with Crippen LogP contribution in [0.2, 0.25) is 0 Å². The molecule has 1 aliphatic heterocycles. The van der Waals surface area contributed by atoms with Crippen LogP contribution >= 0.6 is 0 Å². The van der Waals surface area contributed by atoms with Crippen LogP contribution in [0.4, 0.5) is 5.82 Å². The molecule has 2 aromatic heterocycles. The van der Waals surface area contributed by atoms with Gasteiger partial charge in [-0.3, -0.25) is 14.8 Å². The minimum Gasteiger partial charge on any atom is -0.267 e. The molecular formula is C20H16N4O. The van der Waals surface area contributed by atoms with E-state index in [9.17, 15) is 4.79 Å². The largest absolute Gasteiger partial charge is 0.277 e. The summed E-state index contributed by atoms with van der Waals surface area (Å²) in [5.41, 5.74) is 3.26. The molecule has 1 aliphatic rings. The maximum Gasteiger partial charge on any atom is 0.277 e. The minimum absolute atomic E-state index is 0.0901. The average molecular weight is 328 g/mol. The van der Waals surface area contributed by atoms with Gasteiger partial charge in [-0.15, -0.1) is 0 Å². The Bertz CT molecular complexity index is 938. The summed E-state index contributed by atoms with van der Waals surface area (Å²) >= 11 is 0. The van der Waals surface area contributed by atoms with E-state index in [4.69, 9.17) is 0 Å². The molecule has 0 atom stereocenters. The first-order valence-electron chi connectivity index (χ1n) is 7.96. The van der Waals surface area contributed by atoms with Gasteiger partial charge >= 0.3 is 0 Å². The topological polar surface area (TPSA) is 49.3 Å². The highest BCUT2D eigenvalue weighted by Gasteiger charge is 2.35. The Labute approximate surface area is 145 Å². The summed E-state index contributed by atoms with van der Waals surface area (Å²) in [4.78, 5) is 21.5. The molecule has 0 radical (unpaired) electrons. The lowest BCUT2D eigenvalue weighted by Gasteiger charge is -2.30. The number of benzene rings is 1. The van der Waals surface area contributed by atoms with Crippen LogP contribution in [0.5, 0.6) is 0 Å². The van der Waals surface area contributed by atoms with E-state index in [-0.39, 0.29) is 5.91 Å². The van der Waals surface area contributed by atoms with Crippen LogP contribution < -0.4 is 5.01 Å². The average Bonchev–Trinajstić information content (AvgIpc) is 2.95. The van der Waals surface area contributed by atoms with E-state index in [1.165, 1.54) is 0 Å². The van der Waals surface area contributed by atoms with Gasteiger partial charge in [0, 0.05) is 31.2 Å². The van der Waals surface area contributed by atoms with E-state index in [0.29, 0.717) is 11.4 Å². The van der Waals surface area contributed by atoms with Crippen molar-refractivity contribution in [2.24, 2.45) is 0 Å². The lowest BCUT2D eigenvalue weighted by molar-refractivity contribution is 0.0844. The molecule has 1 amide bonds. The quantitative estimate of drug-likeness (QED) is 0.738. The highest BCUT2D eigenvalue weighted by Crippen LogP contribution is 2.35. The van der Waals surface area contributed by atoms with Gasteiger partial charge in [0.25, 0.3) is 5.91 Å². The van der Waals surface area contributed by atoms with E-state index < -0.39 is 0 Å². The molecule has 0 N–H and O–H groups in total. The standard InChI is InChI=1S/C20H16N4O/c1-23(19-9-5-6-11-22-19)24-18(13-15-7-3-2-4-8-15)17-14-21-12-10-16(17)20(24)25/h2-14H,1H3/b18-13-. The number of aromatic nitrogens is 2. The molecule has 0 bridgehead atoms. The molecule has 4 rings (SSSR count). The van der Waals surface area contributed by atoms with Crippen molar-refractivity contribution in [1.82, 2.24) is 15.0 Å². The van der Waals surface area contributed by atoms with Crippen LogP contribution in [0.1, 0.15) is 21.5 Å². The van der Waals surface area contributed by atoms with Gasteiger partial charge in [0.1, 0.15) is 5.82 Å². The van der Waals surface area contributed by atoms with E-state index in [2.05, 4.69) is 9.97 Å². The second-order valence-corrected chi connectivity index (χ2v) is 5.69. The lowest BCUT2D eigenvalue weighted by atomic mass is 10.1. The predicted molar refractivity (Wildman–Crippen MR) is 97.4 cm³/mol. The normalized spacial score (nSPS) is 14.7. The summed E-state index contributed by atoms with van der Waals surface area (Å²) in [6.45, 7) is 0. The van der Waals surface area contributed by atoms with Gasteiger partial charge in [-0.25, -0.2) is 9.99 Å². The van der Waals surface area contributed by atoms with Crippen LogP contribution in [0, 0.1) is 0 Å². The van der Waals surface area contributed by atoms with Gasteiger partial charge in [-0.05, 0) is 29.8 Å². The monoisotopic (exact) mass is 328 g/mol. The zero-order valence-corrected chi connectivity index (χ0v) is 13.7. The van der Waals surface area contributed by atoms with Crippen molar-refractivity contribution in [3.63, 3.8) is 0 Å². The predicted octanol–water partition coefficient (Wildman–Crippen LogP) is 3.48. The first-order valence-corrected chi connectivity index (χ1v) is 7.96. The number of fused-ring (bicyclic) bond motifs is 1. The summed E-state index contributed by atoms with van der Waals surface area (Å²) in [6.07, 6.45) is 7.07. The maximum atomic E-state index is 13.0. The number of anilines is 1. The Morgan fingerprint density at radius 1 is 0.960 bits per heavy atom. The number of hydrogen-bond acceptors (Lipinski definition) is 4. The van der Waals surface area contributed by atoms with Gasteiger partial charge in [0.05, 0.1) is 11.3 Å². The van der Waals surface area contributed by atoms with E-state index in [1.807, 2.05) is 61.7 Å². The number of rotatable bonds is 3. The fourth-order valence-corrected chi connectivity index (χ4v) is 2.91. The molecule has 0 spiro atoms. The SMILES string of the molecule is CN(c1ccccn1)N1C(=O)c2ccncc2/C1=C/c1ccccc1. The Balaban J connectivity index is 1.85. The molecule has 25 heavy (non-hydrogen) atoms. The summed E-state index contributed by atoms with van der Waals surface area (Å²) in [7, 11) is 1.83. The second-order valence-electron chi connectivity index (χ2n) is 5.69. The number of carbonyl (C=O) groups excluding carboxylic acids is 1. The van der Waals surface area contributed by atoms with Crippen molar-refractivity contribution in [2.45, 2.75) is 0 Å². The number of carbonyl (C=O) groups is 1. The van der Waals surface area contributed by atoms with Gasteiger partial charge < -0.3 is 0 Å². The molecule has 3 aromatic rings. The number of hydrogen-bond donors (Lipinski definition) is 0. The van der Waals surface area contributed by atoms with Crippen LogP contribution in [0.3, 0.4) is 0 Å². The highest BCUT2D eigenvalue weighted by atomic mass is 16.2. The Morgan fingerprint density at radius 3 is 2.52 bits per heavy atom. The second kappa shape index (κ2) is 6.20. The minimum atomic E-state index is -0.0901. The summed E-state index contributed by atoms with van der Waals surface area (Å²) < 4.78 is 0. The number of amides is 1. The summed E-state index contributed by atoms with van der Waals surface area (Å²) in [6, 6.07) is 17.3. The fraction of sp³-hybridized carbons (Fsp3) is 0.0500. The lowest BCUT2D eigenvalue weighted by Crippen LogP contribution is -2.39. The molecule has 3 heterocycles. The molecule has 0 fully saturated rings. The van der Waals surface area contributed by atoms with E-state index >= 15 is 0 Å². The summed E-state index contributed by atoms with van der Waals surface area (Å²) in [5, 5.41) is 3.40. The van der Waals surface area contributed by atoms with E-state index in [1.54, 1.807) is 34.7 Å². The molecule has 5 nitrogen and oxygen atoms in total. The van der Waals surface area contributed by atoms with E-state index in [0.717, 1.165) is 16.8 Å². The Morgan fingerprint density at radius 2 is 1.76 bits per heavy atom. The van der Waals surface area contributed by atoms with Crippen molar-refractivity contribution >= 4 is 23.5 Å². The first kappa shape index (κ1) is 15.1. The third-order valence-electron chi connectivity index (χ3n) is 4.13. The number of hydrazine groups is 1. The van der Waals surface area contributed by atoms with Crippen molar-refractivity contribution in [3.8, 4) is 0 Å². The number of nitrogens with zero attached hydrogens (tertiary/aromatic N) is 4. The van der Waals surface area contributed by atoms with Gasteiger partial charge in [0.2, 0.25) is 0 Å². The van der Waals surface area contributed by atoms with Gasteiger partial charge in [-0.1, -0.05) is 36.4 Å². The molecule has 1 aromatic carbocycles. The van der Waals surface area contributed by atoms with Crippen LogP contribution in [-0.2, 0) is 0 Å². The smallest absolute Gasteiger partial charge is 0.267 e. The van der Waals surface area contributed by atoms with Crippen molar-refractivity contribution < 1.29 is 4.79 Å². The van der Waals surface area contributed by atoms with Gasteiger partial charge in [-0.2, -0.15) is 0 Å². The molecule has 0 unspecified atom stereocenters. The zero-order valence-electron chi connectivity index (χ0n) is 13.7. The van der Waals surface area contributed by atoms with Crippen LogP contribution in [-0.4, -0.2) is 27.9 Å². The number of pyridine rings is 2. The molecule has 0 aliphatic carbocycles. The first-order chi connectivity index (χ1) is 12.3. The third-order valence-corrected chi connectivity index (χ3v) is 4.13. The van der Waals surface area contributed by atoms with Crippen LogP contribution in [0.25, 0.3) is 11.8 Å².